The summed E-state index contributed by atoms with van der Waals surface area (Å²) in [6, 6.07) is 38.4. The highest BCUT2D eigenvalue weighted by atomic mass is 15.0. The molecule has 2 nitrogen and oxygen atoms in total. The number of aryl methyl sites for hydroxylation is 2. The largest absolute Gasteiger partial charge is 0.355 e. The first-order chi connectivity index (χ1) is 18.7. The molecule has 0 aliphatic heterocycles. The van der Waals surface area contributed by atoms with Crippen molar-refractivity contribution in [1.29, 1.82) is 0 Å². The van der Waals surface area contributed by atoms with Crippen molar-refractivity contribution in [1.82, 2.24) is 9.55 Å². The molecule has 0 saturated carbocycles. The number of rotatable bonds is 6. The normalized spacial score (nSPS) is 11.8. The first-order valence-electron chi connectivity index (χ1n) is 13.9. The number of para-hydroxylation sites is 1. The second kappa shape index (κ2) is 9.22. The average Bonchev–Trinajstić information content (AvgIpc) is 3.48. The number of hydrogen-bond donors (Lipinski definition) is 1. The minimum Gasteiger partial charge on any atom is -0.355 e. The number of hydrogen-bond acceptors (Lipinski definition) is 0. The number of benzene rings is 5. The standard InChI is InChI=1S/C36H32N2/c1-3-7-24-11-19-35-31(21-24)32-22-25(8-4-2)12-20-36(32)38(35)28-16-13-26(14-17-28)27-15-18-34-30(23-27)29-9-5-6-10-33(29)37-34/h5-6,9-23,37H,3-4,7-8H2,1-2H3. The highest BCUT2D eigenvalue weighted by molar-refractivity contribution is 6.10. The van der Waals surface area contributed by atoms with Gasteiger partial charge in [0.05, 0.1) is 11.0 Å². The SMILES string of the molecule is CCCc1ccc2c(c1)c1cc(CCC)ccc1n2-c1ccc(-c2ccc3[nH]c4ccccc4c3c2)cc1. The number of fused-ring (bicyclic) bond motifs is 6. The number of aromatic nitrogens is 2. The molecule has 1 N–H and O–H groups in total. The van der Waals surface area contributed by atoms with E-state index in [1.54, 1.807) is 0 Å². The summed E-state index contributed by atoms with van der Waals surface area (Å²) in [7, 11) is 0. The summed E-state index contributed by atoms with van der Waals surface area (Å²) in [5, 5.41) is 5.27. The minimum atomic E-state index is 1.12. The van der Waals surface area contributed by atoms with Crippen LogP contribution in [0.1, 0.15) is 37.8 Å². The summed E-state index contributed by atoms with van der Waals surface area (Å²) in [5.41, 5.74) is 11.4. The summed E-state index contributed by atoms with van der Waals surface area (Å²) in [5.74, 6) is 0. The Bertz CT molecular complexity index is 1870. The molecule has 2 heteroatoms. The zero-order valence-corrected chi connectivity index (χ0v) is 22.1. The molecular formula is C36H32N2. The van der Waals surface area contributed by atoms with E-state index in [0.29, 0.717) is 0 Å². The van der Waals surface area contributed by atoms with E-state index >= 15 is 0 Å². The molecule has 7 rings (SSSR count). The van der Waals surface area contributed by atoms with Crippen LogP contribution in [0.25, 0.3) is 60.4 Å². The Balaban J connectivity index is 1.35. The number of aromatic amines is 1. The number of H-pyrrole nitrogens is 1. The van der Waals surface area contributed by atoms with Crippen LogP contribution in [0.5, 0.6) is 0 Å². The van der Waals surface area contributed by atoms with E-state index in [-0.39, 0.29) is 0 Å². The van der Waals surface area contributed by atoms with Gasteiger partial charge >= 0.3 is 0 Å². The third-order valence-electron chi connectivity index (χ3n) is 7.94. The molecule has 0 unspecified atom stereocenters. The van der Waals surface area contributed by atoms with Gasteiger partial charge in [-0.05, 0) is 89.7 Å². The molecule has 0 saturated heterocycles. The van der Waals surface area contributed by atoms with E-state index in [9.17, 15) is 0 Å². The Hall–Kier alpha value is -4.30. The van der Waals surface area contributed by atoms with Crippen LogP contribution < -0.4 is 0 Å². The van der Waals surface area contributed by atoms with Gasteiger partial charge in [-0.15, -0.1) is 0 Å². The lowest BCUT2D eigenvalue weighted by molar-refractivity contribution is 0.923. The van der Waals surface area contributed by atoms with Gasteiger partial charge in [-0.2, -0.15) is 0 Å². The van der Waals surface area contributed by atoms with Crippen molar-refractivity contribution in [3.63, 3.8) is 0 Å². The van der Waals surface area contributed by atoms with Crippen molar-refractivity contribution in [2.75, 3.05) is 0 Å². The highest BCUT2D eigenvalue weighted by Crippen LogP contribution is 2.35. The van der Waals surface area contributed by atoms with E-state index in [0.717, 1.165) is 25.7 Å². The quantitative estimate of drug-likeness (QED) is 0.238. The van der Waals surface area contributed by atoms with Crippen LogP contribution in [0.2, 0.25) is 0 Å². The van der Waals surface area contributed by atoms with Gasteiger partial charge in [-0.25, -0.2) is 0 Å². The summed E-state index contributed by atoms with van der Waals surface area (Å²) >= 11 is 0. The van der Waals surface area contributed by atoms with E-state index < -0.39 is 0 Å². The number of nitrogens with one attached hydrogen (secondary N) is 1. The lowest BCUT2D eigenvalue weighted by atomic mass is 10.0. The summed E-state index contributed by atoms with van der Waals surface area (Å²) in [6.07, 6.45) is 4.56. The van der Waals surface area contributed by atoms with Crippen molar-refractivity contribution >= 4 is 43.6 Å². The Morgan fingerprint density at radius 1 is 0.526 bits per heavy atom. The second-order valence-corrected chi connectivity index (χ2v) is 10.5. The van der Waals surface area contributed by atoms with E-state index in [1.165, 1.54) is 71.6 Å². The summed E-state index contributed by atoms with van der Waals surface area (Å²) in [6.45, 7) is 4.51. The summed E-state index contributed by atoms with van der Waals surface area (Å²) < 4.78 is 2.43. The molecule has 5 aromatic carbocycles. The van der Waals surface area contributed by atoms with E-state index in [1.807, 2.05) is 0 Å². The Kier molecular flexibility index (Phi) is 5.55. The number of nitrogens with zero attached hydrogens (tertiary/aromatic N) is 1. The van der Waals surface area contributed by atoms with E-state index in [4.69, 9.17) is 0 Å². The zero-order valence-electron chi connectivity index (χ0n) is 22.1. The molecule has 0 aliphatic carbocycles. The van der Waals surface area contributed by atoms with Crippen LogP contribution in [-0.4, -0.2) is 9.55 Å². The molecule has 186 valence electrons. The lowest BCUT2D eigenvalue weighted by Crippen LogP contribution is -1.94. The van der Waals surface area contributed by atoms with E-state index in [2.05, 4.69) is 127 Å². The second-order valence-electron chi connectivity index (χ2n) is 10.5. The fraction of sp³-hybridized carbons (Fsp3) is 0.167. The maximum Gasteiger partial charge on any atom is 0.0541 e. The molecule has 7 aromatic rings. The van der Waals surface area contributed by atoms with Gasteiger partial charge in [0.1, 0.15) is 0 Å². The molecule has 2 aromatic heterocycles. The molecule has 0 spiro atoms. The Morgan fingerprint density at radius 3 is 1.79 bits per heavy atom. The molecule has 0 radical (unpaired) electrons. The topological polar surface area (TPSA) is 20.7 Å². The Labute approximate surface area is 223 Å². The fourth-order valence-corrected chi connectivity index (χ4v) is 6.11. The molecule has 2 heterocycles. The zero-order chi connectivity index (χ0) is 25.6. The molecule has 0 bridgehead atoms. The van der Waals surface area contributed by atoms with Gasteiger partial charge in [0.15, 0.2) is 0 Å². The minimum absolute atomic E-state index is 1.12. The molecule has 0 fully saturated rings. The third-order valence-corrected chi connectivity index (χ3v) is 7.94. The summed E-state index contributed by atoms with van der Waals surface area (Å²) in [4.78, 5) is 3.54. The van der Waals surface area contributed by atoms with Crippen LogP contribution in [0.3, 0.4) is 0 Å². The molecule has 0 atom stereocenters. The molecule has 38 heavy (non-hydrogen) atoms. The first kappa shape index (κ1) is 22.9. The predicted molar refractivity (Wildman–Crippen MR) is 164 cm³/mol. The monoisotopic (exact) mass is 492 g/mol. The molecular weight excluding hydrogens is 460 g/mol. The maximum absolute atomic E-state index is 3.54. The highest BCUT2D eigenvalue weighted by Gasteiger charge is 2.14. The molecule has 0 aliphatic rings. The van der Waals surface area contributed by atoms with Crippen LogP contribution >= 0.6 is 0 Å². The molecule has 0 amide bonds. The third kappa shape index (κ3) is 3.71. The van der Waals surface area contributed by atoms with Crippen LogP contribution in [-0.2, 0) is 12.8 Å². The lowest BCUT2D eigenvalue weighted by Gasteiger charge is -2.10. The van der Waals surface area contributed by atoms with Crippen LogP contribution in [0.4, 0.5) is 0 Å². The van der Waals surface area contributed by atoms with Crippen LogP contribution in [0, 0.1) is 0 Å². The Morgan fingerprint density at radius 2 is 1.13 bits per heavy atom. The predicted octanol–water partition coefficient (Wildman–Crippen LogP) is 9.99. The van der Waals surface area contributed by atoms with Crippen molar-refractivity contribution in [2.45, 2.75) is 39.5 Å². The average molecular weight is 493 g/mol. The fourth-order valence-electron chi connectivity index (χ4n) is 6.11. The van der Waals surface area contributed by atoms with Gasteiger partial charge in [0.25, 0.3) is 0 Å². The van der Waals surface area contributed by atoms with Gasteiger partial charge < -0.3 is 9.55 Å². The first-order valence-corrected chi connectivity index (χ1v) is 13.9. The van der Waals surface area contributed by atoms with Gasteiger partial charge in [-0.1, -0.05) is 75.2 Å². The van der Waals surface area contributed by atoms with Crippen molar-refractivity contribution in [3.05, 3.63) is 114 Å². The van der Waals surface area contributed by atoms with Crippen molar-refractivity contribution < 1.29 is 0 Å². The van der Waals surface area contributed by atoms with Crippen molar-refractivity contribution in [3.8, 4) is 16.8 Å². The maximum atomic E-state index is 3.54. The van der Waals surface area contributed by atoms with Crippen molar-refractivity contribution in [2.24, 2.45) is 0 Å². The smallest absolute Gasteiger partial charge is 0.0541 e. The van der Waals surface area contributed by atoms with Crippen LogP contribution in [0.15, 0.2) is 103 Å². The van der Waals surface area contributed by atoms with Gasteiger partial charge in [0.2, 0.25) is 0 Å². The van der Waals surface area contributed by atoms with Gasteiger partial charge in [0, 0.05) is 38.3 Å². The van der Waals surface area contributed by atoms with Gasteiger partial charge in [-0.3, -0.25) is 0 Å².